The Balaban J connectivity index is 1.78. The van der Waals surface area contributed by atoms with E-state index < -0.39 is 0 Å². The van der Waals surface area contributed by atoms with E-state index in [0.29, 0.717) is 11.6 Å². The largest absolute Gasteiger partial charge is 0.311 e. The van der Waals surface area contributed by atoms with Crippen LogP contribution in [-0.4, -0.2) is 29.6 Å². The number of piperazine rings is 1. The van der Waals surface area contributed by atoms with Crippen molar-refractivity contribution >= 4 is 0 Å². The minimum absolute atomic E-state index is 0.297. The number of benzene rings is 1. The maximum Gasteiger partial charge on any atom is 0.0307 e. The number of hydrogen-bond donors (Lipinski definition) is 1. The lowest BCUT2D eigenvalue weighted by atomic mass is 9.91. The minimum Gasteiger partial charge on any atom is -0.311 e. The summed E-state index contributed by atoms with van der Waals surface area (Å²) < 4.78 is 0. The van der Waals surface area contributed by atoms with Gasteiger partial charge in [0.15, 0.2) is 0 Å². The van der Waals surface area contributed by atoms with Crippen LogP contribution in [0.25, 0.3) is 0 Å². The molecule has 0 radical (unpaired) electrons. The third-order valence-corrected chi connectivity index (χ3v) is 5.39. The second-order valence-corrected chi connectivity index (χ2v) is 6.97. The molecule has 0 amide bonds. The Bertz CT molecular complexity index is 482. The molecule has 1 heterocycles. The van der Waals surface area contributed by atoms with E-state index in [9.17, 15) is 0 Å². The topological polar surface area (TPSA) is 15.3 Å². The maximum absolute atomic E-state index is 3.64. The van der Waals surface area contributed by atoms with Crippen LogP contribution in [0.4, 0.5) is 0 Å². The zero-order chi connectivity index (χ0) is 14.2. The van der Waals surface area contributed by atoms with E-state index in [1.165, 1.54) is 31.2 Å². The number of fused-ring (bicyclic) bond motifs is 1. The smallest absolute Gasteiger partial charge is 0.0307 e. The fourth-order valence-electron chi connectivity index (χ4n) is 3.67. The normalized spacial score (nSPS) is 30.4. The van der Waals surface area contributed by atoms with Crippen molar-refractivity contribution in [3.63, 3.8) is 0 Å². The standard InChI is InChI=1S/C18H28N2/c1-4-18(3)13-19-14(2)11-20(18)12-15-8-9-16-6-5-7-17(16)10-15/h8-10,14,19H,4-7,11-13H2,1-3H3. The summed E-state index contributed by atoms with van der Waals surface area (Å²) in [6.07, 6.45) is 5.12. The second-order valence-electron chi connectivity index (χ2n) is 6.97. The highest BCUT2D eigenvalue weighted by atomic mass is 15.3. The molecule has 1 aliphatic heterocycles. The van der Waals surface area contributed by atoms with Gasteiger partial charge in [-0.15, -0.1) is 0 Å². The fourth-order valence-corrected chi connectivity index (χ4v) is 3.67. The van der Waals surface area contributed by atoms with Crippen molar-refractivity contribution in [2.45, 2.75) is 64.6 Å². The molecule has 2 aliphatic rings. The lowest BCUT2D eigenvalue weighted by molar-refractivity contribution is 0.0453. The molecular weight excluding hydrogens is 244 g/mol. The molecule has 2 atom stereocenters. The molecule has 2 unspecified atom stereocenters. The van der Waals surface area contributed by atoms with E-state index in [-0.39, 0.29) is 0 Å². The molecule has 1 saturated heterocycles. The van der Waals surface area contributed by atoms with Gasteiger partial charge in [0.1, 0.15) is 0 Å². The number of aryl methyl sites for hydroxylation is 2. The van der Waals surface area contributed by atoms with E-state index in [2.05, 4.69) is 49.2 Å². The van der Waals surface area contributed by atoms with Crippen molar-refractivity contribution in [3.8, 4) is 0 Å². The van der Waals surface area contributed by atoms with Crippen molar-refractivity contribution in [1.29, 1.82) is 0 Å². The van der Waals surface area contributed by atoms with Gasteiger partial charge in [-0.25, -0.2) is 0 Å². The molecule has 1 aromatic rings. The van der Waals surface area contributed by atoms with E-state index in [1.54, 1.807) is 11.1 Å². The number of nitrogens with zero attached hydrogens (tertiary/aromatic N) is 1. The Morgan fingerprint density at radius 1 is 1.30 bits per heavy atom. The van der Waals surface area contributed by atoms with Crippen molar-refractivity contribution in [3.05, 3.63) is 34.9 Å². The lowest BCUT2D eigenvalue weighted by Gasteiger charge is -2.47. The first kappa shape index (κ1) is 14.1. The first-order valence-corrected chi connectivity index (χ1v) is 8.20. The summed E-state index contributed by atoms with van der Waals surface area (Å²) in [5, 5.41) is 3.64. The first-order valence-electron chi connectivity index (χ1n) is 8.20. The molecule has 1 aliphatic carbocycles. The third kappa shape index (κ3) is 2.64. The van der Waals surface area contributed by atoms with Crippen molar-refractivity contribution in [2.75, 3.05) is 13.1 Å². The molecule has 0 saturated carbocycles. The van der Waals surface area contributed by atoms with E-state index in [0.717, 1.165) is 19.6 Å². The van der Waals surface area contributed by atoms with Crippen LogP contribution in [0, 0.1) is 0 Å². The number of rotatable bonds is 3. The van der Waals surface area contributed by atoms with E-state index in [4.69, 9.17) is 0 Å². The Hall–Kier alpha value is -0.860. The number of nitrogens with one attached hydrogen (secondary N) is 1. The van der Waals surface area contributed by atoms with Crippen LogP contribution in [0.15, 0.2) is 18.2 Å². The summed E-state index contributed by atoms with van der Waals surface area (Å²) >= 11 is 0. The molecular formula is C18H28N2. The van der Waals surface area contributed by atoms with Gasteiger partial charge in [0.2, 0.25) is 0 Å². The molecule has 0 spiro atoms. The highest BCUT2D eigenvalue weighted by molar-refractivity contribution is 5.35. The van der Waals surface area contributed by atoms with Crippen molar-refractivity contribution in [2.24, 2.45) is 0 Å². The average molecular weight is 272 g/mol. The molecule has 0 aromatic heterocycles. The average Bonchev–Trinajstić information content (AvgIpc) is 2.90. The van der Waals surface area contributed by atoms with Gasteiger partial charge in [0.25, 0.3) is 0 Å². The first-order chi connectivity index (χ1) is 9.60. The van der Waals surface area contributed by atoms with Gasteiger partial charge >= 0.3 is 0 Å². The van der Waals surface area contributed by atoms with Gasteiger partial charge in [-0.3, -0.25) is 4.90 Å². The summed E-state index contributed by atoms with van der Waals surface area (Å²) in [6, 6.07) is 7.79. The van der Waals surface area contributed by atoms with Gasteiger partial charge in [-0.05, 0) is 56.2 Å². The van der Waals surface area contributed by atoms with Crippen LogP contribution in [0.3, 0.4) is 0 Å². The van der Waals surface area contributed by atoms with Crippen LogP contribution in [0.1, 0.15) is 50.3 Å². The summed E-state index contributed by atoms with van der Waals surface area (Å²) in [6.45, 7) is 10.4. The molecule has 20 heavy (non-hydrogen) atoms. The lowest BCUT2D eigenvalue weighted by Crippen LogP contribution is -2.61. The van der Waals surface area contributed by atoms with Crippen molar-refractivity contribution in [1.82, 2.24) is 10.2 Å². The second kappa shape index (κ2) is 5.50. The maximum atomic E-state index is 3.64. The van der Waals surface area contributed by atoms with Crippen LogP contribution in [-0.2, 0) is 19.4 Å². The summed E-state index contributed by atoms with van der Waals surface area (Å²) in [7, 11) is 0. The van der Waals surface area contributed by atoms with Crippen LogP contribution >= 0.6 is 0 Å². The molecule has 2 nitrogen and oxygen atoms in total. The van der Waals surface area contributed by atoms with E-state index in [1.807, 2.05) is 0 Å². The predicted octanol–water partition coefficient (Wildman–Crippen LogP) is 3.14. The minimum atomic E-state index is 0.297. The molecule has 3 rings (SSSR count). The molecule has 0 bridgehead atoms. The molecule has 1 N–H and O–H groups in total. The SMILES string of the molecule is CCC1(C)CNC(C)CN1Cc1ccc2c(c1)CCC2. The Labute approximate surface area is 123 Å². The van der Waals surface area contributed by atoms with Gasteiger partial charge < -0.3 is 5.32 Å². The van der Waals surface area contributed by atoms with Crippen molar-refractivity contribution < 1.29 is 0 Å². The van der Waals surface area contributed by atoms with Crippen LogP contribution in [0.2, 0.25) is 0 Å². The summed E-state index contributed by atoms with van der Waals surface area (Å²) in [5.74, 6) is 0. The zero-order valence-electron chi connectivity index (χ0n) is 13.2. The highest BCUT2D eigenvalue weighted by Gasteiger charge is 2.34. The molecule has 110 valence electrons. The Kier molecular flexibility index (Phi) is 3.87. The van der Waals surface area contributed by atoms with Gasteiger partial charge in [-0.1, -0.05) is 25.1 Å². The van der Waals surface area contributed by atoms with Crippen LogP contribution < -0.4 is 5.32 Å². The fraction of sp³-hybridized carbons (Fsp3) is 0.667. The Morgan fingerprint density at radius 2 is 2.10 bits per heavy atom. The highest BCUT2D eigenvalue weighted by Crippen LogP contribution is 2.27. The summed E-state index contributed by atoms with van der Waals surface area (Å²) in [5.41, 5.74) is 4.98. The van der Waals surface area contributed by atoms with Gasteiger partial charge in [0, 0.05) is 31.2 Å². The van der Waals surface area contributed by atoms with E-state index >= 15 is 0 Å². The Morgan fingerprint density at radius 3 is 2.90 bits per heavy atom. The monoisotopic (exact) mass is 272 g/mol. The zero-order valence-corrected chi connectivity index (χ0v) is 13.2. The van der Waals surface area contributed by atoms with Crippen LogP contribution in [0.5, 0.6) is 0 Å². The third-order valence-electron chi connectivity index (χ3n) is 5.39. The summed E-state index contributed by atoms with van der Waals surface area (Å²) in [4.78, 5) is 2.69. The van der Waals surface area contributed by atoms with Gasteiger partial charge in [-0.2, -0.15) is 0 Å². The molecule has 1 fully saturated rings. The molecule has 2 heteroatoms. The van der Waals surface area contributed by atoms with Gasteiger partial charge in [0.05, 0.1) is 0 Å². The molecule has 1 aromatic carbocycles. The predicted molar refractivity (Wildman–Crippen MR) is 85.0 cm³/mol. The number of hydrogen-bond acceptors (Lipinski definition) is 2. The quantitative estimate of drug-likeness (QED) is 0.909.